The lowest BCUT2D eigenvalue weighted by Crippen LogP contribution is -1.85. The Labute approximate surface area is 49.4 Å². The van der Waals surface area contributed by atoms with Crippen LogP contribution in [0.1, 0.15) is 25.7 Å². The first kappa shape index (κ1) is 6.89. The van der Waals surface area contributed by atoms with Crippen LogP contribution in [-0.2, 0) is 0 Å². The summed E-state index contributed by atoms with van der Waals surface area (Å²) in [6.45, 7) is 0. The summed E-state index contributed by atoms with van der Waals surface area (Å²) in [5.41, 5.74) is 0.583. The monoisotopic (exact) mass is 118 g/mol. The maximum atomic E-state index is 7.26. The number of rotatable bonds is 0. The van der Waals surface area contributed by atoms with E-state index in [0.29, 0.717) is 5.55 Å². The molecule has 0 heterocycles. The molecule has 1 aliphatic carbocycles. The number of hydrogen-bond acceptors (Lipinski definition) is 1. The molecule has 0 bridgehead atoms. The summed E-state index contributed by atoms with van der Waals surface area (Å²) in [6, 6.07) is 0. The fourth-order valence-corrected chi connectivity index (χ4v) is 0.250. The zero-order chi connectivity index (χ0) is 5.54. The van der Waals surface area contributed by atoms with Gasteiger partial charge in [0.05, 0.1) is 0 Å². The molecule has 1 nitrogen and oxygen atoms in total. The van der Waals surface area contributed by atoms with Gasteiger partial charge in [-0.3, -0.25) is 0 Å². The number of hydrogen-bond donors (Lipinski definition) is 1. The molecule has 0 atom stereocenters. The summed E-state index contributed by atoms with van der Waals surface area (Å²) in [6.07, 6.45) is 6.00. The first-order chi connectivity index (χ1) is 3.41. The molecule has 0 unspecified atom stereocenters. The highest BCUT2D eigenvalue weighted by Gasteiger charge is 1.95. The highest BCUT2D eigenvalue weighted by atomic mass is 32.1. The molecular weight excluding hydrogens is 108 g/mol. The van der Waals surface area contributed by atoms with Gasteiger partial charge in [-0.25, -0.2) is 0 Å². The normalized spacial score (nSPS) is 15.4. The Kier molecular flexibility index (Phi) is 5.80. The Balaban J connectivity index is 0.000000110. The van der Waals surface area contributed by atoms with Crippen LogP contribution in [-0.4, -0.2) is 10.7 Å². The molecule has 0 aromatic heterocycles. The van der Waals surface area contributed by atoms with E-state index in [1.807, 2.05) is 0 Å². The molecule has 0 aliphatic heterocycles. The van der Waals surface area contributed by atoms with E-state index in [1.54, 1.807) is 0 Å². The number of aliphatic hydroxyl groups excluding tert-OH is 1. The molecule has 0 aromatic carbocycles. The van der Waals surface area contributed by atoms with Crippen LogP contribution in [0.15, 0.2) is 0 Å². The van der Waals surface area contributed by atoms with E-state index in [0.717, 1.165) is 0 Å². The highest BCUT2D eigenvalue weighted by molar-refractivity contribution is 7.78. The van der Waals surface area contributed by atoms with Gasteiger partial charge in [-0.15, -0.1) is 0 Å². The summed E-state index contributed by atoms with van der Waals surface area (Å²) in [5.74, 6) is 0. The maximum Gasteiger partial charge on any atom is 0.142 e. The van der Waals surface area contributed by atoms with Crippen molar-refractivity contribution in [3.63, 3.8) is 0 Å². The summed E-state index contributed by atoms with van der Waals surface area (Å²) >= 11 is 3.82. The molecule has 0 amide bonds. The average Bonchev–Trinajstić information content (AvgIpc) is 1.27. The van der Waals surface area contributed by atoms with Crippen LogP contribution in [0.2, 0.25) is 0 Å². The standard InChI is InChI=1S/C4H8.CH2OS/c1-2-4-3-1;2-1-3/h1-4H2;1H,(H,2,3). The SMILES string of the molecule is C1CCC1.OC=S. The second-order valence-corrected chi connectivity index (χ2v) is 1.73. The van der Waals surface area contributed by atoms with E-state index in [1.165, 1.54) is 25.7 Å². The predicted octanol–water partition coefficient (Wildman–Crippen LogP) is 2.06. The van der Waals surface area contributed by atoms with Crippen LogP contribution in [0.5, 0.6) is 0 Å². The fourth-order valence-electron chi connectivity index (χ4n) is 0.250. The van der Waals surface area contributed by atoms with Crippen molar-refractivity contribution in [1.82, 2.24) is 0 Å². The van der Waals surface area contributed by atoms with Crippen LogP contribution in [0, 0.1) is 0 Å². The van der Waals surface area contributed by atoms with Crippen LogP contribution in [0.3, 0.4) is 0 Å². The molecule has 1 saturated carbocycles. The van der Waals surface area contributed by atoms with Crippen molar-refractivity contribution < 1.29 is 5.11 Å². The lowest BCUT2D eigenvalue weighted by Gasteiger charge is -2.05. The van der Waals surface area contributed by atoms with E-state index in [2.05, 4.69) is 12.2 Å². The molecular formula is C5H10OS. The largest absolute Gasteiger partial charge is 0.504 e. The molecule has 1 N–H and O–H groups in total. The Morgan fingerprint density at radius 3 is 1.29 bits per heavy atom. The minimum Gasteiger partial charge on any atom is -0.504 e. The summed E-state index contributed by atoms with van der Waals surface area (Å²) in [5, 5.41) is 7.26. The fraction of sp³-hybridized carbons (Fsp3) is 0.800. The quantitative estimate of drug-likeness (QED) is 0.491. The van der Waals surface area contributed by atoms with Gasteiger partial charge in [-0.2, -0.15) is 0 Å². The van der Waals surface area contributed by atoms with Gasteiger partial charge >= 0.3 is 0 Å². The van der Waals surface area contributed by atoms with E-state index < -0.39 is 0 Å². The van der Waals surface area contributed by atoms with Crippen molar-refractivity contribution in [2.75, 3.05) is 0 Å². The summed E-state index contributed by atoms with van der Waals surface area (Å²) in [4.78, 5) is 0. The van der Waals surface area contributed by atoms with Crippen molar-refractivity contribution >= 4 is 17.8 Å². The van der Waals surface area contributed by atoms with Gasteiger partial charge in [0.2, 0.25) is 0 Å². The van der Waals surface area contributed by atoms with Crippen molar-refractivity contribution in [3.05, 3.63) is 0 Å². The second kappa shape index (κ2) is 5.89. The van der Waals surface area contributed by atoms with E-state index in [-0.39, 0.29) is 0 Å². The van der Waals surface area contributed by atoms with Crippen molar-refractivity contribution in [3.8, 4) is 0 Å². The van der Waals surface area contributed by atoms with Gasteiger partial charge in [0, 0.05) is 0 Å². The minimum atomic E-state index is 0.583. The van der Waals surface area contributed by atoms with Crippen LogP contribution in [0.25, 0.3) is 0 Å². The third-order valence-corrected chi connectivity index (χ3v) is 1.000. The van der Waals surface area contributed by atoms with Crippen molar-refractivity contribution in [2.45, 2.75) is 25.7 Å². The Bertz CT molecular complexity index is 37.3. The van der Waals surface area contributed by atoms with Crippen molar-refractivity contribution in [2.24, 2.45) is 0 Å². The maximum absolute atomic E-state index is 7.26. The average molecular weight is 118 g/mol. The van der Waals surface area contributed by atoms with Gasteiger partial charge in [-0.05, 0) is 12.2 Å². The smallest absolute Gasteiger partial charge is 0.142 e. The van der Waals surface area contributed by atoms with Gasteiger partial charge in [0.1, 0.15) is 5.55 Å². The van der Waals surface area contributed by atoms with E-state index >= 15 is 0 Å². The lowest BCUT2D eigenvalue weighted by molar-refractivity contribution is 0.504. The second-order valence-electron chi connectivity index (χ2n) is 1.52. The number of aliphatic hydroxyl groups is 1. The summed E-state index contributed by atoms with van der Waals surface area (Å²) < 4.78 is 0. The molecule has 42 valence electrons. The topological polar surface area (TPSA) is 20.2 Å². The van der Waals surface area contributed by atoms with Gasteiger partial charge in [0.15, 0.2) is 0 Å². The summed E-state index contributed by atoms with van der Waals surface area (Å²) in [7, 11) is 0. The molecule has 7 heavy (non-hydrogen) atoms. The van der Waals surface area contributed by atoms with Crippen LogP contribution >= 0.6 is 12.2 Å². The molecule has 0 spiro atoms. The third-order valence-electron chi connectivity index (χ3n) is 1.000. The first-order valence-electron chi connectivity index (χ1n) is 2.49. The van der Waals surface area contributed by atoms with Crippen molar-refractivity contribution in [1.29, 1.82) is 0 Å². The lowest BCUT2D eigenvalue weighted by atomic mass is 10.0. The zero-order valence-electron chi connectivity index (χ0n) is 4.26. The number of thiocarbonyl (C=S) groups is 1. The van der Waals surface area contributed by atoms with E-state index in [4.69, 9.17) is 5.11 Å². The minimum absolute atomic E-state index is 0.583. The van der Waals surface area contributed by atoms with Gasteiger partial charge < -0.3 is 5.11 Å². The zero-order valence-corrected chi connectivity index (χ0v) is 5.08. The van der Waals surface area contributed by atoms with Gasteiger partial charge in [0.25, 0.3) is 0 Å². The highest BCUT2D eigenvalue weighted by Crippen LogP contribution is 2.15. The molecule has 1 rings (SSSR count). The molecule has 0 aromatic rings. The molecule has 1 aliphatic rings. The van der Waals surface area contributed by atoms with E-state index in [9.17, 15) is 0 Å². The Morgan fingerprint density at radius 2 is 1.29 bits per heavy atom. The Morgan fingerprint density at radius 1 is 1.14 bits per heavy atom. The van der Waals surface area contributed by atoms with Gasteiger partial charge in [-0.1, -0.05) is 25.7 Å². The molecule has 0 saturated heterocycles. The van der Waals surface area contributed by atoms with Crippen LogP contribution < -0.4 is 0 Å². The van der Waals surface area contributed by atoms with Crippen LogP contribution in [0.4, 0.5) is 0 Å². The molecule has 1 fully saturated rings. The first-order valence-corrected chi connectivity index (χ1v) is 2.97. The third kappa shape index (κ3) is 5.89. The molecule has 0 radical (unpaired) electrons. The predicted molar refractivity (Wildman–Crippen MR) is 34.8 cm³/mol. The Hall–Kier alpha value is -0.110. The molecule has 2 heteroatoms.